The van der Waals surface area contributed by atoms with E-state index in [9.17, 15) is 4.79 Å². The van der Waals surface area contributed by atoms with Crippen LogP contribution in [-0.4, -0.2) is 47.0 Å². The maximum atomic E-state index is 12.6. The van der Waals surface area contributed by atoms with Gasteiger partial charge in [-0.1, -0.05) is 29.8 Å². The van der Waals surface area contributed by atoms with Crippen LogP contribution in [0, 0.1) is 6.92 Å². The molecule has 0 bridgehead atoms. The number of carbonyl (C=O) groups is 1. The summed E-state index contributed by atoms with van der Waals surface area (Å²) < 4.78 is 0. The number of anilines is 2. The first-order valence-corrected chi connectivity index (χ1v) is 9.76. The molecule has 3 heterocycles. The van der Waals surface area contributed by atoms with Crippen LogP contribution >= 0.6 is 0 Å². The summed E-state index contributed by atoms with van der Waals surface area (Å²) in [5.41, 5.74) is 2.91. The second kappa shape index (κ2) is 8.68. The molecule has 0 radical (unpaired) electrons. The molecule has 0 unspecified atom stereocenters. The van der Waals surface area contributed by atoms with E-state index in [4.69, 9.17) is 0 Å². The van der Waals surface area contributed by atoms with Crippen LogP contribution in [0.3, 0.4) is 0 Å². The van der Waals surface area contributed by atoms with Crippen LogP contribution in [0.5, 0.6) is 0 Å². The smallest absolute Gasteiger partial charge is 0.251 e. The van der Waals surface area contributed by atoms with E-state index in [1.165, 1.54) is 5.56 Å². The Labute approximate surface area is 170 Å². The fourth-order valence-electron chi connectivity index (χ4n) is 3.31. The highest BCUT2D eigenvalue weighted by Crippen LogP contribution is 2.17. The van der Waals surface area contributed by atoms with Crippen molar-refractivity contribution in [1.82, 2.24) is 20.3 Å². The van der Waals surface area contributed by atoms with Crippen LogP contribution in [0.1, 0.15) is 21.5 Å². The number of carbonyl (C=O) groups excluding carboxylic acids is 1. The molecule has 1 saturated heterocycles. The average molecular weight is 388 g/mol. The molecule has 0 aliphatic carbocycles. The van der Waals surface area contributed by atoms with Gasteiger partial charge in [-0.15, -0.1) is 0 Å². The van der Waals surface area contributed by atoms with Gasteiger partial charge >= 0.3 is 0 Å². The number of hydrogen-bond donors (Lipinski definition) is 1. The quantitative estimate of drug-likeness (QED) is 0.724. The van der Waals surface area contributed by atoms with Crippen molar-refractivity contribution < 1.29 is 4.79 Å². The summed E-state index contributed by atoms with van der Waals surface area (Å²) in [7, 11) is 0. The zero-order valence-electron chi connectivity index (χ0n) is 16.5. The van der Waals surface area contributed by atoms with Gasteiger partial charge in [0.25, 0.3) is 5.91 Å². The molecule has 1 N–H and O–H groups in total. The monoisotopic (exact) mass is 388 g/mol. The fourth-order valence-corrected chi connectivity index (χ4v) is 3.31. The average Bonchev–Trinajstić information content (AvgIpc) is 2.79. The highest BCUT2D eigenvalue weighted by molar-refractivity contribution is 5.94. The van der Waals surface area contributed by atoms with Gasteiger partial charge in [-0.3, -0.25) is 4.79 Å². The third kappa shape index (κ3) is 4.68. The zero-order valence-corrected chi connectivity index (χ0v) is 16.5. The number of piperazine rings is 1. The van der Waals surface area contributed by atoms with Crippen molar-refractivity contribution in [2.45, 2.75) is 13.5 Å². The Kier molecular flexibility index (Phi) is 5.65. The predicted molar refractivity (Wildman–Crippen MR) is 113 cm³/mol. The van der Waals surface area contributed by atoms with Gasteiger partial charge in [0.2, 0.25) is 5.95 Å². The summed E-state index contributed by atoms with van der Waals surface area (Å²) in [6, 6.07) is 13.6. The van der Waals surface area contributed by atoms with Gasteiger partial charge in [0.05, 0.1) is 0 Å². The molecule has 1 amide bonds. The summed E-state index contributed by atoms with van der Waals surface area (Å²) in [4.78, 5) is 30.0. The van der Waals surface area contributed by atoms with Crippen molar-refractivity contribution in [1.29, 1.82) is 0 Å². The largest absolute Gasteiger partial charge is 0.353 e. The fraction of sp³-hybridized carbons (Fsp3) is 0.273. The molecule has 1 fully saturated rings. The lowest BCUT2D eigenvalue weighted by molar-refractivity contribution is 0.0951. The third-order valence-electron chi connectivity index (χ3n) is 5.02. The number of nitrogens with zero attached hydrogens (tertiary/aromatic N) is 5. The first kappa shape index (κ1) is 18.9. The van der Waals surface area contributed by atoms with E-state index < -0.39 is 0 Å². The van der Waals surface area contributed by atoms with Crippen molar-refractivity contribution in [3.8, 4) is 0 Å². The minimum Gasteiger partial charge on any atom is -0.353 e. The second-order valence-electron chi connectivity index (χ2n) is 7.09. The highest BCUT2D eigenvalue weighted by atomic mass is 16.1. The topological polar surface area (TPSA) is 74.2 Å². The molecule has 7 heteroatoms. The molecule has 3 aromatic rings. The lowest BCUT2D eigenvalue weighted by Gasteiger charge is -2.35. The third-order valence-corrected chi connectivity index (χ3v) is 5.02. The van der Waals surface area contributed by atoms with Gasteiger partial charge in [0.15, 0.2) is 0 Å². The van der Waals surface area contributed by atoms with Crippen molar-refractivity contribution in [2.24, 2.45) is 0 Å². The van der Waals surface area contributed by atoms with E-state index in [1.807, 2.05) is 43.3 Å². The maximum Gasteiger partial charge on any atom is 0.251 e. The van der Waals surface area contributed by atoms with E-state index in [0.29, 0.717) is 12.1 Å². The molecule has 1 aromatic carbocycles. The zero-order chi connectivity index (χ0) is 20.1. The number of pyridine rings is 1. The lowest BCUT2D eigenvalue weighted by atomic mass is 10.1. The summed E-state index contributed by atoms with van der Waals surface area (Å²) >= 11 is 0. The van der Waals surface area contributed by atoms with E-state index >= 15 is 0 Å². The maximum absolute atomic E-state index is 12.6. The van der Waals surface area contributed by atoms with Crippen LogP contribution < -0.4 is 15.1 Å². The van der Waals surface area contributed by atoms with Gasteiger partial charge in [0.1, 0.15) is 5.82 Å². The number of amides is 1. The van der Waals surface area contributed by atoms with E-state index in [1.54, 1.807) is 24.7 Å². The Bertz CT molecular complexity index is 953. The summed E-state index contributed by atoms with van der Waals surface area (Å²) in [5.74, 6) is 1.48. The first-order chi connectivity index (χ1) is 14.2. The Morgan fingerprint density at radius 3 is 2.34 bits per heavy atom. The Morgan fingerprint density at radius 1 is 0.931 bits per heavy atom. The minimum absolute atomic E-state index is 0.0921. The predicted octanol–water partition coefficient (Wildman–Crippen LogP) is 2.44. The van der Waals surface area contributed by atoms with Gasteiger partial charge in [-0.05, 0) is 30.7 Å². The van der Waals surface area contributed by atoms with Gasteiger partial charge in [-0.25, -0.2) is 15.0 Å². The molecule has 2 aromatic heterocycles. The number of hydrogen-bond acceptors (Lipinski definition) is 6. The molecular formula is C22H24N6O. The van der Waals surface area contributed by atoms with Crippen LogP contribution in [-0.2, 0) is 6.54 Å². The Morgan fingerprint density at radius 2 is 1.62 bits per heavy atom. The summed E-state index contributed by atoms with van der Waals surface area (Å²) in [5, 5.41) is 2.98. The number of aryl methyl sites for hydroxylation is 1. The number of nitrogens with one attached hydrogen (secondary N) is 1. The van der Waals surface area contributed by atoms with Crippen molar-refractivity contribution in [2.75, 3.05) is 36.0 Å². The number of benzene rings is 1. The molecule has 0 atom stereocenters. The summed E-state index contributed by atoms with van der Waals surface area (Å²) in [6.07, 6.45) is 5.21. The van der Waals surface area contributed by atoms with Crippen LogP contribution in [0.2, 0.25) is 0 Å². The molecular weight excluding hydrogens is 364 g/mol. The Balaban J connectivity index is 1.36. The first-order valence-electron chi connectivity index (χ1n) is 9.76. The van der Waals surface area contributed by atoms with Gasteiger partial charge < -0.3 is 15.1 Å². The molecule has 4 rings (SSSR count). The molecule has 7 nitrogen and oxygen atoms in total. The molecule has 29 heavy (non-hydrogen) atoms. The lowest BCUT2D eigenvalue weighted by Crippen LogP contribution is -2.47. The van der Waals surface area contributed by atoms with Crippen LogP contribution in [0.25, 0.3) is 0 Å². The van der Waals surface area contributed by atoms with Crippen molar-refractivity contribution >= 4 is 17.7 Å². The summed E-state index contributed by atoms with van der Waals surface area (Å²) in [6.45, 7) is 5.80. The molecule has 1 aliphatic heterocycles. The SMILES string of the molecule is Cc1ccc(CNC(=O)c2ccnc(N3CCN(c4ncccn4)CC3)c2)cc1. The second-order valence-corrected chi connectivity index (χ2v) is 7.09. The normalized spacial score (nSPS) is 14.0. The number of rotatable bonds is 5. The van der Waals surface area contributed by atoms with E-state index in [2.05, 4.69) is 30.1 Å². The molecule has 0 saturated carbocycles. The van der Waals surface area contributed by atoms with Gasteiger partial charge in [-0.2, -0.15) is 0 Å². The molecule has 1 aliphatic rings. The Hall–Kier alpha value is -3.48. The van der Waals surface area contributed by atoms with Crippen molar-refractivity contribution in [3.63, 3.8) is 0 Å². The van der Waals surface area contributed by atoms with Crippen molar-refractivity contribution in [3.05, 3.63) is 77.7 Å². The molecule has 148 valence electrons. The molecule has 0 spiro atoms. The standard InChI is InChI=1S/C22H24N6O/c1-17-3-5-18(6-4-17)16-26-21(29)19-7-10-23-20(15-19)27-11-13-28(14-12-27)22-24-8-2-9-25-22/h2-10,15H,11-14,16H2,1H3,(H,26,29). The van der Waals surface area contributed by atoms with E-state index in [0.717, 1.165) is 43.5 Å². The van der Waals surface area contributed by atoms with E-state index in [-0.39, 0.29) is 5.91 Å². The van der Waals surface area contributed by atoms with Crippen LogP contribution in [0.4, 0.5) is 11.8 Å². The van der Waals surface area contributed by atoms with Gasteiger partial charge in [0, 0.05) is 56.9 Å². The highest BCUT2D eigenvalue weighted by Gasteiger charge is 2.20. The van der Waals surface area contributed by atoms with Crippen LogP contribution in [0.15, 0.2) is 61.1 Å². The number of aromatic nitrogens is 3. The minimum atomic E-state index is -0.0921.